The molecule has 0 amide bonds. The van der Waals surface area contributed by atoms with Crippen molar-refractivity contribution >= 4 is 22.5 Å². The molecule has 2 heterocycles. The van der Waals surface area contributed by atoms with Crippen LogP contribution in [0.3, 0.4) is 0 Å². The van der Waals surface area contributed by atoms with Gasteiger partial charge in [-0.3, -0.25) is 4.98 Å². The minimum absolute atomic E-state index is 0.0262. The number of aromatic nitrogens is 3. The van der Waals surface area contributed by atoms with Crippen molar-refractivity contribution in [3.63, 3.8) is 0 Å². The zero-order valence-corrected chi connectivity index (χ0v) is 13.8. The first-order valence-corrected chi connectivity index (χ1v) is 8.15. The zero-order chi connectivity index (χ0) is 17.9. The second-order valence-corrected chi connectivity index (χ2v) is 5.85. The summed E-state index contributed by atoms with van der Waals surface area (Å²) in [5, 5.41) is 13.2. The predicted octanol–water partition coefficient (Wildman–Crippen LogP) is 3.22. The minimum Gasteiger partial charge on any atom is -0.392 e. The van der Waals surface area contributed by atoms with E-state index in [1.165, 1.54) is 0 Å². The highest BCUT2D eigenvalue weighted by atomic mass is 16.3. The predicted molar refractivity (Wildman–Crippen MR) is 101 cm³/mol. The van der Waals surface area contributed by atoms with Crippen LogP contribution in [0.2, 0.25) is 0 Å². The van der Waals surface area contributed by atoms with Crippen LogP contribution in [0.5, 0.6) is 0 Å². The lowest BCUT2D eigenvalue weighted by Crippen LogP contribution is -2.13. The lowest BCUT2D eigenvalue weighted by molar-refractivity contribution is 0.282. The smallest absolute Gasteiger partial charge is 0.348 e. The fraction of sp³-hybridized carbons (Fsp3) is 0.0500. The Morgan fingerprint density at radius 2 is 1.85 bits per heavy atom. The number of benzene rings is 2. The Kier molecular flexibility index (Phi) is 4.17. The van der Waals surface area contributed by atoms with E-state index in [9.17, 15) is 4.79 Å². The molecule has 3 N–H and O–H groups in total. The van der Waals surface area contributed by atoms with Gasteiger partial charge in [0.15, 0.2) is 5.65 Å². The van der Waals surface area contributed by atoms with Crippen LogP contribution in [0.1, 0.15) is 5.56 Å². The number of aliphatic hydroxyl groups is 1. The van der Waals surface area contributed by atoms with Crippen LogP contribution in [0.15, 0.2) is 71.7 Å². The molecule has 0 radical (unpaired) electrons. The normalized spacial score (nSPS) is 10.8. The van der Waals surface area contributed by atoms with Gasteiger partial charge in [-0.1, -0.05) is 36.4 Å². The SMILES string of the molecule is O=c1nc2ncccc2c(Nc2cccc(-c3ccc(CO)cc3)c2)[nH]1. The standard InChI is InChI=1S/C20H16N4O2/c25-12-13-6-8-14(9-7-13)15-3-1-4-16(11-15)22-19-17-5-2-10-21-18(17)23-20(26)24-19/h1-11,25H,12H2,(H2,21,22,23,24,26). The number of hydrogen-bond donors (Lipinski definition) is 3. The molecule has 0 saturated carbocycles. The fourth-order valence-electron chi connectivity index (χ4n) is 2.80. The van der Waals surface area contributed by atoms with Gasteiger partial charge >= 0.3 is 5.69 Å². The molecule has 4 rings (SSSR count). The Hall–Kier alpha value is -3.51. The number of rotatable bonds is 4. The van der Waals surface area contributed by atoms with Crippen molar-refractivity contribution in [3.05, 3.63) is 82.9 Å². The van der Waals surface area contributed by atoms with E-state index in [2.05, 4.69) is 20.3 Å². The van der Waals surface area contributed by atoms with E-state index in [-0.39, 0.29) is 6.61 Å². The Morgan fingerprint density at radius 3 is 2.65 bits per heavy atom. The molecule has 6 nitrogen and oxygen atoms in total. The largest absolute Gasteiger partial charge is 0.392 e. The quantitative estimate of drug-likeness (QED) is 0.529. The third kappa shape index (κ3) is 3.18. The summed E-state index contributed by atoms with van der Waals surface area (Å²) in [5.41, 5.74) is 3.72. The number of hydrogen-bond acceptors (Lipinski definition) is 5. The second kappa shape index (κ2) is 6.78. The Labute approximate surface area is 149 Å². The highest BCUT2D eigenvalue weighted by molar-refractivity contribution is 5.88. The van der Waals surface area contributed by atoms with E-state index in [4.69, 9.17) is 5.11 Å². The van der Waals surface area contributed by atoms with Gasteiger partial charge in [0.1, 0.15) is 5.82 Å². The van der Waals surface area contributed by atoms with Gasteiger partial charge < -0.3 is 10.4 Å². The van der Waals surface area contributed by atoms with Crippen LogP contribution >= 0.6 is 0 Å². The van der Waals surface area contributed by atoms with Crippen molar-refractivity contribution in [2.45, 2.75) is 6.61 Å². The summed E-state index contributed by atoms with van der Waals surface area (Å²) in [4.78, 5) is 22.5. The van der Waals surface area contributed by atoms with Crippen molar-refractivity contribution in [1.29, 1.82) is 0 Å². The topological polar surface area (TPSA) is 90.9 Å². The van der Waals surface area contributed by atoms with Crippen LogP contribution < -0.4 is 11.0 Å². The van der Waals surface area contributed by atoms with E-state index in [0.717, 1.165) is 27.8 Å². The third-order valence-electron chi connectivity index (χ3n) is 4.10. The molecule has 0 unspecified atom stereocenters. The van der Waals surface area contributed by atoms with Crippen LogP contribution in [0, 0.1) is 0 Å². The maximum atomic E-state index is 11.8. The molecule has 0 spiro atoms. The van der Waals surface area contributed by atoms with Gasteiger partial charge in [-0.15, -0.1) is 0 Å². The number of pyridine rings is 1. The molecule has 0 atom stereocenters. The van der Waals surface area contributed by atoms with E-state index in [1.807, 2.05) is 54.6 Å². The molecular formula is C20H16N4O2. The van der Waals surface area contributed by atoms with Gasteiger partial charge in [0.2, 0.25) is 0 Å². The summed E-state index contributed by atoms with van der Waals surface area (Å²) in [7, 11) is 0. The van der Waals surface area contributed by atoms with Crippen molar-refractivity contribution in [2.75, 3.05) is 5.32 Å². The maximum absolute atomic E-state index is 11.8. The summed E-state index contributed by atoms with van der Waals surface area (Å²) in [6, 6.07) is 19.3. The lowest BCUT2D eigenvalue weighted by atomic mass is 10.0. The van der Waals surface area contributed by atoms with E-state index < -0.39 is 5.69 Å². The van der Waals surface area contributed by atoms with E-state index in [0.29, 0.717) is 11.5 Å². The number of H-pyrrole nitrogens is 1. The van der Waals surface area contributed by atoms with Crippen LogP contribution in [-0.2, 0) is 6.61 Å². The summed E-state index contributed by atoms with van der Waals surface area (Å²) < 4.78 is 0. The molecule has 2 aromatic carbocycles. The van der Waals surface area contributed by atoms with Crippen molar-refractivity contribution in [1.82, 2.24) is 15.0 Å². The molecular weight excluding hydrogens is 328 g/mol. The molecule has 0 aliphatic heterocycles. The number of fused-ring (bicyclic) bond motifs is 1. The summed E-state index contributed by atoms with van der Waals surface area (Å²) in [6.45, 7) is 0.0262. The Balaban J connectivity index is 1.70. The van der Waals surface area contributed by atoms with Crippen LogP contribution in [0.25, 0.3) is 22.2 Å². The Morgan fingerprint density at radius 1 is 1.00 bits per heavy atom. The number of nitrogens with one attached hydrogen (secondary N) is 2. The third-order valence-corrected chi connectivity index (χ3v) is 4.10. The zero-order valence-electron chi connectivity index (χ0n) is 13.8. The van der Waals surface area contributed by atoms with Gasteiger partial charge in [-0.2, -0.15) is 4.98 Å². The molecule has 0 saturated heterocycles. The maximum Gasteiger partial charge on any atom is 0.348 e. The highest BCUT2D eigenvalue weighted by Crippen LogP contribution is 2.26. The van der Waals surface area contributed by atoms with Gasteiger partial charge in [0.05, 0.1) is 12.0 Å². The molecule has 2 aromatic heterocycles. The number of nitrogens with zero attached hydrogens (tertiary/aromatic N) is 2. The first kappa shape index (κ1) is 16.0. The molecule has 0 bridgehead atoms. The van der Waals surface area contributed by atoms with Gasteiger partial charge in [-0.05, 0) is 41.0 Å². The van der Waals surface area contributed by atoms with Gasteiger partial charge in [0.25, 0.3) is 0 Å². The fourth-order valence-corrected chi connectivity index (χ4v) is 2.80. The summed E-state index contributed by atoms with van der Waals surface area (Å²) in [5.74, 6) is 0.556. The van der Waals surface area contributed by atoms with Crippen molar-refractivity contribution in [3.8, 4) is 11.1 Å². The second-order valence-electron chi connectivity index (χ2n) is 5.85. The van der Waals surface area contributed by atoms with Crippen LogP contribution in [-0.4, -0.2) is 20.1 Å². The average molecular weight is 344 g/mol. The van der Waals surface area contributed by atoms with E-state index >= 15 is 0 Å². The molecule has 128 valence electrons. The Bertz CT molecular complexity index is 1120. The number of aliphatic hydroxyl groups excluding tert-OH is 1. The monoisotopic (exact) mass is 344 g/mol. The van der Waals surface area contributed by atoms with Crippen molar-refractivity contribution in [2.24, 2.45) is 0 Å². The average Bonchev–Trinajstić information content (AvgIpc) is 2.68. The molecule has 26 heavy (non-hydrogen) atoms. The highest BCUT2D eigenvalue weighted by Gasteiger charge is 2.06. The molecule has 0 fully saturated rings. The van der Waals surface area contributed by atoms with E-state index in [1.54, 1.807) is 12.3 Å². The summed E-state index contributed by atoms with van der Waals surface area (Å²) in [6.07, 6.45) is 1.61. The first-order valence-electron chi connectivity index (χ1n) is 8.15. The van der Waals surface area contributed by atoms with Gasteiger partial charge in [-0.25, -0.2) is 9.78 Å². The number of anilines is 2. The molecule has 4 aromatic rings. The first-order chi connectivity index (χ1) is 12.7. The van der Waals surface area contributed by atoms with Crippen molar-refractivity contribution < 1.29 is 5.11 Å². The molecule has 0 aliphatic carbocycles. The summed E-state index contributed by atoms with van der Waals surface area (Å²) >= 11 is 0. The lowest BCUT2D eigenvalue weighted by Gasteiger charge is -2.10. The minimum atomic E-state index is -0.450. The molecule has 0 aliphatic rings. The number of aromatic amines is 1. The van der Waals surface area contributed by atoms with Crippen LogP contribution in [0.4, 0.5) is 11.5 Å². The van der Waals surface area contributed by atoms with Gasteiger partial charge in [0, 0.05) is 11.9 Å². The molecule has 6 heteroatoms.